The molecule has 7 heteroatoms. The van der Waals surface area contributed by atoms with Crippen molar-refractivity contribution in [1.82, 2.24) is 34.7 Å². The van der Waals surface area contributed by atoms with Crippen LogP contribution in [0.4, 0.5) is 0 Å². The predicted octanol–water partition coefficient (Wildman–Crippen LogP) is 1.97. The van der Waals surface area contributed by atoms with E-state index in [1.165, 1.54) is 6.33 Å². The normalized spacial score (nSPS) is 10.8. The monoisotopic (exact) mass is 303 g/mol. The van der Waals surface area contributed by atoms with Crippen LogP contribution in [0.15, 0.2) is 67.5 Å². The molecule has 0 aliphatic rings. The number of aromatic nitrogens is 7. The van der Waals surface area contributed by atoms with Crippen molar-refractivity contribution in [3.8, 4) is 16.9 Å². The topological polar surface area (TPSA) is 74.3 Å². The lowest BCUT2D eigenvalue weighted by Crippen LogP contribution is -2.01. The zero-order valence-corrected chi connectivity index (χ0v) is 12.2. The summed E-state index contributed by atoms with van der Waals surface area (Å²) in [5, 5.41) is 12.7. The minimum Gasteiger partial charge on any atom is -0.259 e. The van der Waals surface area contributed by atoms with E-state index in [-0.39, 0.29) is 0 Å². The standard InChI is InChI=1S/C16H13N7/c1-2-7-16(23-12-17-11-19-23)14(6-1)15-10-22(21-20-15)9-13-5-3-4-8-18-13/h1-8,10-12H,9H2. The molecule has 0 saturated carbocycles. The Morgan fingerprint density at radius 3 is 2.74 bits per heavy atom. The molecule has 0 saturated heterocycles. The third-order valence-corrected chi connectivity index (χ3v) is 3.43. The lowest BCUT2D eigenvalue weighted by molar-refractivity contribution is 0.639. The Morgan fingerprint density at radius 1 is 1.00 bits per heavy atom. The Kier molecular flexibility index (Phi) is 3.36. The van der Waals surface area contributed by atoms with Crippen LogP contribution in [-0.2, 0) is 6.54 Å². The SMILES string of the molecule is c1ccc(Cn2cc(-c3ccccc3-n3cncn3)nn2)nc1. The van der Waals surface area contributed by atoms with Gasteiger partial charge in [-0.15, -0.1) is 5.10 Å². The molecule has 0 atom stereocenters. The molecule has 0 N–H and O–H groups in total. The molecule has 0 aliphatic carbocycles. The minimum atomic E-state index is 0.583. The quantitative estimate of drug-likeness (QED) is 0.576. The Balaban J connectivity index is 1.68. The minimum absolute atomic E-state index is 0.583. The van der Waals surface area contributed by atoms with E-state index in [0.717, 1.165) is 22.6 Å². The first kappa shape index (κ1) is 13.3. The van der Waals surface area contributed by atoms with Crippen molar-refractivity contribution in [1.29, 1.82) is 0 Å². The van der Waals surface area contributed by atoms with Crippen molar-refractivity contribution in [3.05, 3.63) is 73.2 Å². The molecule has 4 rings (SSSR count). The van der Waals surface area contributed by atoms with Crippen LogP contribution in [0.1, 0.15) is 5.69 Å². The fourth-order valence-corrected chi connectivity index (χ4v) is 2.38. The molecule has 0 fully saturated rings. The van der Waals surface area contributed by atoms with Crippen LogP contribution >= 0.6 is 0 Å². The number of hydrogen-bond acceptors (Lipinski definition) is 5. The molecule has 0 bridgehead atoms. The van der Waals surface area contributed by atoms with Gasteiger partial charge in [0.1, 0.15) is 18.3 Å². The number of para-hydroxylation sites is 1. The van der Waals surface area contributed by atoms with Gasteiger partial charge in [-0.05, 0) is 18.2 Å². The molecule has 0 amide bonds. The van der Waals surface area contributed by atoms with Crippen LogP contribution < -0.4 is 0 Å². The van der Waals surface area contributed by atoms with Gasteiger partial charge in [0.2, 0.25) is 0 Å². The second-order valence-corrected chi connectivity index (χ2v) is 4.98. The molecule has 7 nitrogen and oxygen atoms in total. The molecule has 4 aromatic rings. The van der Waals surface area contributed by atoms with Gasteiger partial charge in [0.15, 0.2) is 0 Å². The van der Waals surface area contributed by atoms with Gasteiger partial charge in [0.25, 0.3) is 0 Å². The second-order valence-electron chi connectivity index (χ2n) is 4.98. The van der Waals surface area contributed by atoms with E-state index in [9.17, 15) is 0 Å². The summed E-state index contributed by atoms with van der Waals surface area (Å²) >= 11 is 0. The third kappa shape index (κ3) is 2.71. The summed E-state index contributed by atoms with van der Waals surface area (Å²) in [5.41, 5.74) is 3.58. The maximum Gasteiger partial charge on any atom is 0.138 e. The van der Waals surface area contributed by atoms with Crippen LogP contribution in [0.3, 0.4) is 0 Å². The van der Waals surface area contributed by atoms with E-state index in [0.29, 0.717) is 6.54 Å². The smallest absolute Gasteiger partial charge is 0.138 e. The van der Waals surface area contributed by atoms with Crippen LogP contribution in [0.25, 0.3) is 16.9 Å². The van der Waals surface area contributed by atoms with Crippen molar-refractivity contribution < 1.29 is 0 Å². The third-order valence-electron chi connectivity index (χ3n) is 3.43. The highest BCUT2D eigenvalue weighted by Gasteiger charge is 2.11. The number of pyridine rings is 1. The van der Waals surface area contributed by atoms with E-state index in [1.54, 1.807) is 21.9 Å². The number of nitrogens with zero attached hydrogens (tertiary/aromatic N) is 7. The molecule has 0 aliphatic heterocycles. The molecule has 0 radical (unpaired) electrons. The summed E-state index contributed by atoms with van der Waals surface area (Å²) in [7, 11) is 0. The van der Waals surface area contributed by atoms with Gasteiger partial charge in [0, 0.05) is 11.8 Å². The Bertz CT molecular complexity index is 897. The van der Waals surface area contributed by atoms with Crippen molar-refractivity contribution in [3.63, 3.8) is 0 Å². The first-order chi connectivity index (χ1) is 11.4. The number of hydrogen-bond donors (Lipinski definition) is 0. The van der Waals surface area contributed by atoms with Gasteiger partial charge in [0.05, 0.1) is 24.1 Å². The maximum absolute atomic E-state index is 4.30. The molecular formula is C16H13N7. The summed E-state index contributed by atoms with van der Waals surface area (Å²) < 4.78 is 3.49. The lowest BCUT2D eigenvalue weighted by Gasteiger charge is -2.05. The van der Waals surface area contributed by atoms with Crippen LogP contribution in [-0.4, -0.2) is 34.7 Å². The van der Waals surface area contributed by atoms with Crippen molar-refractivity contribution in [2.75, 3.05) is 0 Å². The van der Waals surface area contributed by atoms with E-state index < -0.39 is 0 Å². The van der Waals surface area contributed by atoms with Crippen molar-refractivity contribution in [2.24, 2.45) is 0 Å². The highest BCUT2D eigenvalue weighted by atomic mass is 15.4. The summed E-state index contributed by atoms with van der Waals surface area (Å²) in [6, 6.07) is 13.7. The van der Waals surface area contributed by atoms with Crippen LogP contribution in [0.2, 0.25) is 0 Å². The molecule has 3 aromatic heterocycles. The van der Waals surface area contributed by atoms with Crippen LogP contribution in [0.5, 0.6) is 0 Å². The fraction of sp³-hybridized carbons (Fsp3) is 0.0625. The fourth-order valence-electron chi connectivity index (χ4n) is 2.38. The molecule has 112 valence electrons. The Labute approximate surface area is 132 Å². The van der Waals surface area contributed by atoms with Crippen molar-refractivity contribution in [2.45, 2.75) is 6.54 Å². The number of benzene rings is 1. The van der Waals surface area contributed by atoms with Gasteiger partial charge in [-0.2, -0.15) is 5.10 Å². The zero-order valence-electron chi connectivity index (χ0n) is 12.2. The van der Waals surface area contributed by atoms with Gasteiger partial charge < -0.3 is 0 Å². The predicted molar refractivity (Wildman–Crippen MR) is 83.7 cm³/mol. The van der Waals surface area contributed by atoms with Gasteiger partial charge >= 0.3 is 0 Å². The highest BCUT2D eigenvalue weighted by molar-refractivity contribution is 5.68. The zero-order chi connectivity index (χ0) is 15.5. The summed E-state index contributed by atoms with van der Waals surface area (Å²) in [5.74, 6) is 0. The van der Waals surface area contributed by atoms with Crippen LogP contribution in [0, 0.1) is 0 Å². The lowest BCUT2D eigenvalue weighted by atomic mass is 10.1. The molecule has 23 heavy (non-hydrogen) atoms. The number of rotatable bonds is 4. The van der Waals surface area contributed by atoms with E-state index in [2.05, 4.69) is 25.4 Å². The van der Waals surface area contributed by atoms with E-state index in [4.69, 9.17) is 0 Å². The first-order valence-electron chi connectivity index (χ1n) is 7.14. The average Bonchev–Trinajstić information content (AvgIpc) is 3.28. The van der Waals surface area contributed by atoms with Gasteiger partial charge in [-0.25, -0.2) is 14.3 Å². The second kappa shape index (κ2) is 5.80. The highest BCUT2D eigenvalue weighted by Crippen LogP contribution is 2.23. The molecule has 1 aromatic carbocycles. The van der Waals surface area contributed by atoms with Gasteiger partial charge in [-0.1, -0.05) is 29.5 Å². The van der Waals surface area contributed by atoms with E-state index >= 15 is 0 Å². The summed E-state index contributed by atoms with van der Waals surface area (Å²) in [6.07, 6.45) is 6.85. The Morgan fingerprint density at radius 2 is 1.91 bits per heavy atom. The van der Waals surface area contributed by atoms with Crippen molar-refractivity contribution >= 4 is 0 Å². The first-order valence-corrected chi connectivity index (χ1v) is 7.14. The Hall–Kier alpha value is -3.35. The maximum atomic E-state index is 4.30. The molecule has 3 heterocycles. The largest absolute Gasteiger partial charge is 0.259 e. The average molecular weight is 303 g/mol. The van der Waals surface area contributed by atoms with Gasteiger partial charge in [-0.3, -0.25) is 4.98 Å². The molecule has 0 unspecified atom stereocenters. The summed E-state index contributed by atoms with van der Waals surface area (Å²) in [6.45, 7) is 0.583. The molecule has 0 spiro atoms. The molecular weight excluding hydrogens is 290 g/mol. The van der Waals surface area contributed by atoms with E-state index in [1.807, 2.05) is 48.7 Å². The summed E-state index contributed by atoms with van der Waals surface area (Å²) in [4.78, 5) is 8.30.